The van der Waals surface area contributed by atoms with Crippen molar-refractivity contribution in [3.8, 4) is 11.5 Å². The molecule has 6 atom stereocenters. The van der Waals surface area contributed by atoms with Crippen LogP contribution < -0.4 is 14.8 Å². The number of unbranched alkanes of at least 4 members (excludes halogenated alkanes) is 2. The molecule has 0 radical (unpaired) electrons. The molecule has 2 aromatic carbocycles. The molecule has 308 valence electrons. The van der Waals surface area contributed by atoms with Crippen LogP contribution in [0.25, 0.3) is 0 Å². The van der Waals surface area contributed by atoms with Crippen molar-refractivity contribution in [1.82, 2.24) is 9.62 Å². The molecule has 2 aromatic rings. The van der Waals surface area contributed by atoms with E-state index >= 15 is 0 Å². The summed E-state index contributed by atoms with van der Waals surface area (Å²) in [4.78, 5) is 13.4. The molecule has 5 rings (SSSR count). The first-order chi connectivity index (χ1) is 26.5. The molecule has 3 aliphatic heterocycles. The SMILES string of the molecule is CCCCOP(=O)(COCCOc1ccc(C[C@H](NC(=O)O[C@H]2CO[C@H]3OCC[C@H]32)[C@H](O)CN2CC(C)c3cc(OC)ccc3S2(=O)=O)cc1)OCCCC. The number of rotatable bonds is 22. The predicted molar refractivity (Wildman–Crippen MR) is 203 cm³/mol. The van der Waals surface area contributed by atoms with Crippen LogP contribution in [0.4, 0.5) is 4.79 Å². The van der Waals surface area contributed by atoms with E-state index in [1.807, 2.05) is 20.8 Å². The minimum absolute atomic E-state index is 0.0755. The van der Waals surface area contributed by atoms with Crippen LogP contribution in [0.1, 0.15) is 69.9 Å². The molecule has 55 heavy (non-hydrogen) atoms. The number of methoxy groups -OCH3 is 1. The number of hydrogen-bond donors (Lipinski definition) is 2. The van der Waals surface area contributed by atoms with Crippen LogP contribution in [-0.4, -0.2) is 115 Å². The Hall–Kier alpha value is -2.79. The van der Waals surface area contributed by atoms with E-state index < -0.39 is 48.3 Å². The molecular formula is C38H57N2O13PS. The van der Waals surface area contributed by atoms with Crippen LogP contribution in [0, 0.1) is 5.92 Å². The molecule has 0 saturated carbocycles. The van der Waals surface area contributed by atoms with Gasteiger partial charge in [-0.05, 0) is 73.1 Å². The average Bonchev–Trinajstić information content (AvgIpc) is 3.79. The second kappa shape index (κ2) is 20.6. The lowest BCUT2D eigenvalue weighted by molar-refractivity contribution is -0.0907. The molecule has 2 N–H and O–H groups in total. The molecule has 2 fully saturated rings. The third-order valence-corrected chi connectivity index (χ3v) is 13.5. The summed E-state index contributed by atoms with van der Waals surface area (Å²) in [6.07, 6.45) is 1.13. The molecular weight excluding hydrogens is 755 g/mol. The molecule has 15 nitrogen and oxygen atoms in total. The number of sulfonamides is 1. The number of aliphatic hydroxyl groups is 1. The van der Waals surface area contributed by atoms with Crippen LogP contribution in [-0.2, 0) is 49.0 Å². The topological polar surface area (TPSA) is 178 Å². The van der Waals surface area contributed by atoms with Crippen LogP contribution >= 0.6 is 7.60 Å². The van der Waals surface area contributed by atoms with Gasteiger partial charge in [-0.1, -0.05) is 45.7 Å². The lowest BCUT2D eigenvalue weighted by Crippen LogP contribution is -2.52. The van der Waals surface area contributed by atoms with Gasteiger partial charge in [-0.2, -0.15) is 4.31 Å². The number of nitrogens with one attached hydrogen (secondary N) is 1. The maximum absolute atomic E-state index is 13.7. The Labute approximate surface area is 324 Å². The maximum atomic E-state index is 13.7. The number of carbonyl (C=O) groups excluding carboxylic acids is 1. The van der Waals surface area contributed by atoms with Gasteiger partial charge in [-0.15, -0.1) is 0 Å². The highest BCUT2D eigenvalue weighted by Crippen LogP contribution is 2.48. The van der Waals surface area contributed by atoms with Gasteiger partial charge in [-0.25, -0.2) is 13.2 Å². The zero-order chi connectivity index (χ0) is 39.4. The molecule has 3 heterocycles. The van der Waals surface area contributed by atoms with Crippen molar-refractivity contribution in [2.75, 3.05) is 66.2 Å². The molecule has 17 heteroatoms. The molecule has 2 saturated heterocycles. The Kier molecular flexibility index (Phi) is 16.2. The van der Waals surface area contributed by atoms with E-state index in [-0.39, 0.29) is 62.4 Å². The fourth-order valence-corrected chi connectivity index (χ4v) is 9.99. The quantitative estimate of drug-likeness (QED) is 0.114. The lowest BCUT2D eigenvalue weighted by Gasteiger charge is -2.35. The molecule has 3 aliphatic rings. The third kappa shape index (κ3) is 11.9. The van der Waals surface area contributed by atoms with Gasteiger partial charge in [0, 0.05) is 13.1 Å². The zero-order valence-corrected chi connectivity index (χ0v) is 34.0. The summed E-state index contributed by atoms with van der Waals surface area (Å²) in [6, 6.07) is 11.0. The molecule has 0 spiro atoms. The Balaban J connectivity index is 1.20. The van der Waals surface area contributed by atoms with Gasteiger partial charge in [0.25, 0.3) is 0 Å². The molecule has 1 amide bonds. The minimum Gasteiger partial charge on any atom is -0.497 e. The smallest absolute Gasteiger partial charge is 0.407 e. The van der Waals surface area contributed by atoms with E-state index in [9.17, 15) is 22.9 Å². The first kappa shape index (κ1) is 43.3. The first-order valence-electron chi connectivity index (χ1n) is 19.2. The summed E-state index contributed by atoms with van der Waals surface area (Å²) >= 11 is 0. The fraction of sp³-hybridized carbons (Fsp3) is 0.658. The Bertz CT molecular complexity index is 1670. The van der Waals surface area contributed by atoms with E-state index in [0.717, 1.165) is 31.2 Å². The zero-order valence-electron chi connectivity index (χ0n) is 32.3. The number of carbonyl (C=O) groups is 1. The van der Waals surface area contributed by atoms with Gasteiger partial charge in [0.2, 0.25) is 10.0 Å². The van der Waals surface area contributed by atoms with Crippen molar-refractivity contribution in [1.29, 1.82) is 0 Å². The summed E-state index contributed by atoms with van der Waals surface area (Å²) in [6.45, 7) is 7.62. The summed E-state index contributed by atoms with van der Waals surface area (Å²) in [5.74, 6) is 0.875. The summed E-state index contributed by atoms with van der Waals surface area (Å²) < 4.78 is 86.6. The second-order valence-electron chi connectivity index (χ2n) is 14.1. The van der Waals surface area contributed by atoms with Crippen LogP contribution in [0.5, 0.6) is 11.5 Å². The predicted octanol–water partition coefficient (Wildman–Crippen LogP) is 5.44. The number of fused-ring (bicyclic) bond motifs is 2. The van der Waals surface area contributed by atoms with Gasteiger partial charge in [0.15, 0.2) is 6.29 Å². The van der Waals surface area contributed by atoms with Crippen molar-refractivity contribution in [3.05, 3.63) is 53.6 Å². The van der Waals surface area contributed by atoms with Crippen molar-refractivity contribution in [2.45, 2.75) is 94.6 Å². The second-order valence-corrected chi connectivity index (χ2v) is 18.0. The number of β-amino-alcohol motifs (C(OH)–C–C–N with tert-alkyl or cyclic N) is 1. The lowest BCUT2D eigenvalue weighted by atomic mass is 9.99. The van der Waals surface area contributed by atoms with E-state index in [2.05, 4.69) is 5.32 Å². The number of alkyl carbamates (subject to hydrolysis) is 1. The van der Waals surface area contributed by atoms with Crippen LogP contribution in [0.2, 0.25) is 0 Å². The highest BCUT2D eigenvalue weighted by atomic mass is 32.2. The number of benzene rings is 2. The monoisotopic (exact) mass is 812 g/mol. The molecule has 1 unspecified atom stereocenters. The summed E-state index contributed by atoms with van der Waals surface area (Å²) in [7, 11) is -5.80. The largest absolute Gasteiger partial charge is 0.497 e. The van der Waals surface area contributed by atoms with Gasteiger partial charge < -0.3 is 47.9 Å². The highest BCUT2D eigenvalue weighted by molar-refractivity contribution is 7.89. The van der Waals surface area contributed by atoms with Crippen LogP contribution in [0.3, 0.4) is 0 Å². The summed E-state index contributed by atoms with van der Waals surface area (Å²) in [5.41, 5.74) is 1.40. The van der Waals surface area contributed by atoms with Gasteiger partial charge in [-0.3, -0.25) is 4.57 Å². The number of nitrogens with zero attached hydrogens (tertiary/aromatic N) is 1. The standard InChI is InChI=1S/C38H57N2O13PS/c1-5-7-16-51-54(43,52-17-8-6-2)26-47-19-20-48-29-11-9-28(10-12-29)21-33(39-38(42)53-35-25-50-37-31(35)15-18-49-37)34(41)24-40-23-27(3)32-22-30(46-4)13-14-36(32)55(40,44)45/h9-14,22,27,31,33-35,37,41H,5-8,15-21,23-26H2,1-4H3,(H,39,42)/t27?,31-,33-,34+,35-,37+/m0/s1. The molecule has 0 aromatic heterocycles. The average molecular weight is 813 g/mol. The van der Waals surface area contributed by atoms with E-state index in [4.69, 9.17) is 37.5 Å². The fourth-order valence-electron chi connectivity index (χ4n) is 6.75. The Morgan fingerprint density at radius 3 is 2.42 bits per heavy atom. The van der Waals surface area contributed by atoms with Crippen molar-refractivity contribution in [2.24, 2.45) is 5.92 Å². The van der Waals surface area contributed by atoms with Crippen LogP contribution in [0.15, 0.2) is 47.4 Å². The van der Waals surface area contributed by atoms with E-state index in [1.54, 1.807) is 36.4 Å². The number of aliphatic hydroxyl groups excluding tert-OH is 1. The summed E-state index contributed by atoms with van der Waals surface area (Å²) in [5, 5.41) is 14.4. The molecule has 0 bridgehead atoms. The first-order valence-corrected chi connectivity index (χ1v) is 22.4. The highest BCUT2D eigenvalue weighted by Gasteiger charge is 2.44. The Morgan fingerprint density at radius 1 is 1.02 bits per heavy atom. The normalized spacial score (nSPS) is 23.1. The van der Waals surface area contributed by atoms with Gasteiger partial charge in [0.1, 0.15) is 30.6 Å². The molecule has 0 aliphatic carbocycles. The van der Waals surface area contributed by atoms with E-state index in [1.165, 1.54) is 17.5 Å². The Morgan fingerprint density at radius 2 is 1.73 bits per heavy atom. The van der Waals surface area contributed by atoms with Crippen molar-refractivity contribution >= 4 is 23.7 Å². The number of amides is 1. The number of hydrogen-bond acceptors (Lipinski definition) is 13. The van der Waals surface area contributed by atoms with E-state index in [0.29, 0.717) is 43.3 Å². The van der Waals surface area contributed by atoms with Crippen molar-refractivity contribution < 1.29 is 60.4 Å². The third-order valence-electron chi connectivity index (χ3n) is 9.94. The number of ether oxygens (including phenoxy) is 6. The van der Waals surface area contributed by atoms with Gasteiger partial charge in [0.05, 0.1) is 63.1 Å². The van der Waals surface area contributed by atoms with Gasteiger partial charge >= 0.3 is 13.7 Å². The van der Waals surface area contributed by atoms with Crippen molar-refractivity contribution in [3.63, 3.8) is 0 Å². The minimum atomic E-state index is -3.95. The maximum Gasteiger partial charge on any atom is 0.407 e.